The van der Waals surface area contributed by atoms with E-state index in [1.165, 1.54) is 17.5 Å². The van der Waals surface area contributed by atoms with Gasteiger partial charge in [-0.3, -0.25) is 0 Å². The van der Waals surface area contributed by atoms with Gasteiger partial charge in [-0.05, 0) is 42.0 Å². The molecule has 16 heavy (non-hydrogen) atoms. The Hall–Kier alpha value is -1.02. The molecular weight excluding hydrogens is 198 g/mol. The highest BCUT2D eigenvalue weighted by Crippen LogP contribution is 2.31. The van der Waals surface area contributed by atoms with Gasteiger partial charge in [0.25, 0.3) is 0 Å². The van der Waals surface area contributed by atoms with Gasteiger partial charge in [0.15, 0.2) is 0 Å². The highest BCUT2D eigenvalue weighted by molar-refractivity contribution is 5.41. The number of ether oxygens (including phenoxy) is 1. The molecule has 0 amide bonds. The second-order valence-electron chi connectivity index (χ2n) is 4.85. The summed E-state index contributed by atoms with van der Waals surface area (Å²) in [5, 5.41) is 3.40. The van der Waals surface area contributed by atoms with Crippen LogP contribution in [0.1, 0.15) is 43.2 Å². The zero-order valence-electron chi connectivity index (χ0n) is 10.4. The summed E-state index contributed by atoms with van der Waals surface area (Å²) in [6.45, 7) is 6.65. The summed E-state index contributed by atoms with van der Waals surface area (Å²) in [6, 6.07) is 6.69. The fourth-order valence-corrected chi connectivity index (χ4v) is 2.40. The second kappa shape index (κ2) is 4.88. The fourth-order valence-electron chi connectivity index (χ4n) is 2.40. The van der Waals surface area contributed by atoms with Crippen LogP contribution in [0, 0.1) is 0 Å². The topological polar surface area (TPSA) is 21.3 Å². The molecule has 1 unspecified atom stereocenters. The van der Waals surface area contributed by atoms with Crippen molar-refractivity contribution in [3.8, 4) is 5.75 Å². The minimum absolute atomic E-state index is 0.519. The second-order valence-corrected chi connectivity index (χ2v) is 4.85. The highest BCUT2D eigenvalue weighted by Gasteiger charge is 2.18. The molecule has 88 valence electrons. The van der Waals surface area contributed by atoms with Gasteiger partial charge in [-0.2, -0.15) is 0 Å². The van der Waals surface area contributed by atoms with Crippen LogP contribution in [-0.4, -0.2) is 20.2 Å². The van der Waals surface area contributed by atoms with E-state index in [2.05, 4.69) is 37.4 Å². The number of hydrogen-bond donors (Lipinski definition) is 1. The zero-order chi connectivity index (χ0) is 11.5. The van der Waals surface area contributed by atoms with Crippen LogP contribution in [0.4, 0.5) is 0 Å². The monoisotopic (exact) mass is 219 g/mol. The molecule has 1 fully saturated rings. The predicted molar refractivity (Wildman–Crippen MR) is 67.3 cm³/mol. The van der Waals surface area contributed by atoms with Gasteiger partial charge in [-0.15, -0.1) is 0 Å². The number of nitrogens with one attached hydrogen (secondary N) is 1. The zero-order valence-corrected chi connectivity index (χ0v) is 10.4. The van der Waals surface area contributed by atoms with Crippen molar-refractivity contribution in [2.24, 2.45) is 0 Å². The van der Waals surface area contributed by atoms with Crippen LogP contribution in [0.3, 0.4) is 0 Å². The average Bonchev–Trinajstić information content (AvgIpc) is 2.81. The molecule has 0 spiro atoms. The van der Waals surface area contributed by atoms with Crippen LogP contribution in [0.5, 0.6) is 5.75 Å². The molecule has 1 aliphatic rings. The molecule has 1 saturated heterocycles. The molecule has 1 aromatic carbocycles. The van der Waals surface area contributed by atoms with Gasteiger partial charge < -0.3 is 10.1 Å². The first kappa shape index (κ1) is 11.5. The Kier molecular flexibility index (Phi) is 3.49. The lowest BCUT2D eigenvalue weighted by Crippen LogP contribution is -2.08. The van der Waals surface area contributed by atoms with Gasteiger partial charge in [0.1, 0.15) is 5.75 Å². The molecular formula is C14H21NO. The van der Waals surface area contributed by atoms with Crippen molar-refractivity contribution in [1.82, 2.24) is 5.32 Å². The third kappa shape index (κ3) is 2.22. The van der Waals surface area contributed by atoms with Gasteiger partial charge >= 0.3 is 0 Å². The Morgan fingerprint density at radius 1 is 1.38 bits per heavy atom. The number of benzene rings is 1. The molecule has 1 N–H and O–H groups in total. The van der Waals surface area contributed by atoms with Gasteiger partial charge in [-0.1, -0.05) is 26.0 Å². The molecule has 0 radical (unpaired) electrons. The standard InChI is InChI=1S/C14H21NO/c1-10(2)13-5-4-11(8-14(13)16-3)12-6-7-15-9-12/h4-5,8,10,12,15H,6-7,9H2,1-3H3. The first-order valence-electron chi connectivity index (χ1n) is 6.11. The first-order chi connectivity index (χ1) is 7.72. The van der Waals surface area contributed by atoms with Crippen molar-refractivity contribution in [2.45, 2.75) is 32.1 Å². The van der Waals surface area contributed by atoms with Crippen molar-refractivity contribution in [3.63, 3.8) is 0 Å². The van der Waals surface area contributed by atoms with Crippen LogP contribution < -0.4 is 10.1 Å². The molecule has 0 aromatic heterocycles. The molecule has 1 heterocycles. The van der Waals surface area contributed by atoms with E-state index in [9.17, 15) is 0 Å². The van der Waals surface area contributed by atoms with E-state index in [1.807, 2.05) is 0 Å². The van der Waals surface area contributed by atoms with Crippen molar-refractivity contribution in [2.75, 3.05) is 20.2 Å². The molecule has 1 atom stereocenters. The summed E-state index contributed by atoms with van der Waals surface area (Å²) in [6.07, 6.45) is 1.24. The van der Waals surface area contributed by atoms with E-state index in [0.717, 1.165) is 18.8 Å². The average molecular weight is 219 g/mol. The molecule has 0 bridgehead atoms. The summed E-state index contributed by atoms with van der Waals surface area (Å²) in [5.41, 5.74) is 2.71. The Morgan fingerprint density at radius 3 is 2.75 bits per heavy atom. The molecule has 1 aliphatic heterocycles. The van der Waals surface area contributed by atoms with Gasteiger partial charge in [0.2, 0.25) is 0 Å². The Morgan fingerprint density at radius 2 is 2.19 bits per heavy atom. The lowest BCUT2D eigenvalue weighted by molar-refractivity contribution is 0.406. The summed E-state index contributed by atoms with van der Waals surface area (Å²) in [4.78, 5) is 0. The molecule has 0 saturated carbocycles. The number of methoxy groups -OCH3 is 1. The van der Waals surface area contributed by atoms with E-state index in [-0.39, 0.29) is 0 Å². The quantitative estimate of drug-likeness (QED) is 0.844. The smallest absolute Gasteiger partial charge is 0.122 e. The first-order valence-corrected chi connectivity index (χ1v) is 6.11. The van der Waals surface area contributed by atoms with E-state index < -0.39 is 0 Å². The SMILES string of the molecule is COc1cc(C2CCNC2)ccc1C(C)C. The van der Waals surface area contributed by atoms with E-state index in [0.29, 0.717) is 11.8 Å². The molecule has 2 heteroatoms. The maximum atomic E-state index is 5.49. The van der Waals surface area contributed by atoms with Crippen LogP contribution in [0.2, 0.25) is 0 Å². The van der Waals surface area contributed by atoms with E-state index >= 15 is 0 Å². The number of hydrogen-bond acceptors (Lipinski definition) is 2. The summed E-state index contributed by atoms with van der Waals surface area (Å²) >= 11 is 0. The fraction of sp³-hybridized carbons (Fsp3) is 0.571. The lowest BCUT2D eigenvalue weighted by Gasteiger charge is -2.15. The molecule has 0 aliphatic carbocycles. The minimum atomic E-state index is 0.519. The van der Waals surface area contributed by atoms with Crippen LogP contribution in [0.25, 0.3) is 0 Å². The molecule has 2 rings (SSSR count). The minimum Gasteiger partial charge on any atom is -0.496 e. The summed E-state index contributed by atoms with van der Waals surface area (Å²) in [5.74, 6) is 2.22. The van der Waals surface area contributed by atoms with Crippen LogP contribution in [0.15, 0.2) is 18.2 Å². The Bertz CT molecular complexity index is 354. The summed E-state index contributed by atoms with van der Waals surface area (Å²) < 4.78 is 5.49. The van der Waals surface area contributed by atoms with Crippen molar-refractivity contribution in [1.29, 1.82) is 0 Å². The summed E-state index contributed by atoms with van der Waals surface area (Å²) in [7, 11) is 1.76. The van der Waals surface area contributed by atoms with E-state index in [4.69, 9.17) is 4.74 Å². The number of rotatable bonds is 3. The third-order valence-corrected chi connectivity index (χ3v) is 3.41. The van der Waals surface area contributed by atoms with Crippen molar-refractivity contribution >= 4 is 0 Å². The largest absolute Gasteiger partial charge is 0.496 e. The predicted octanol–water partition coefficient (Wildman–Crippen LogP) is 2.90. The Balaban J connectivity index is 2.28. The third-order valence-electron chi connectivity index (χ3n) is 3.41. The lowest BCUT2D eigenvalue weighted by atomic mass is 9.94. The Labute approximate surface area is 98.0 Å². The van der Waals surface area contributed by atoms with Gasteiger partial charge in [-0.25, -0.2) is 0 Å². The van der Waals surface area contributed by atoms with Gasteiger partial charge in [0, 0.05) is 6.54 Å². The maximum Gasteiger partial charge on any atom is 0.122 e. The van der Waals surface area contributed by atoms with Crippen LogP contribution in [-0.2, 0) is 0 Å². The van der Waals surface area contributed by atoms with Gasteiger partial charge in [0.05, 0.1) is 7.11 Å². The van der Waals surface area contributed by atoms with Crippen molar-refractivity contribution in [3.05, 3.63) is 29.3 Å². The van der Waals surface area contributed by atoms with Crippen LogP contribution >= 0.6 is 0 Å². The van der Waals surface area contributed by atoms with E-state index in [1.54, 1.807) is 7.11 Å². The normalized spacial score (nSPS) is 20.4. The van der Waals surface area contributed by atoms with Crippen molar-refractivity contribution < 1.29 is 4.74 Å². The molecule has 2 nitrogen and oxygen atoms in total. The highest BCUT2D eigenvalue weighted by atomic mass is 16.5. The molecule has 1 aromatic rings. The maximum absolute atomic E-state index is 5.49.